The molecule has 1 atom stereocenters. The molecule has 0 radical (unpaired) electrons. The molecule has 1 aliphatic rings. The van der Waals surface area contributed by atoms with Crippen molar-refractivity contribution in [1.29, 1.82) is 0 Å². The van der Waals surface area contributed by atoms with Crippen molar-refractivity contribution in [2.45, 2.75) is 52.9 Å². The van der Waals surface area contributed by atoms with E-state index in [1.54, 1.807) is 0 Å². The van der Waals surface area contributed by atoms with Crippen molar-refractivity contribution < 1.29 is 4.79 Å². The van der Waals surface area contributed by atoms with Gasteiger partial charge in [-0.3, -0.25) is 4.79 Å². The number of unbranched alkanes of at least 4 members (excludes halogenated alkanes) is 2. The van der Waals surface area contributed by atoms with E-state index in [4.69, 9.17) is 5.73 Å². The molecule has 1 rings (SSSR count). The average molecular weight is 240 g/mol. The molecule has 0 aromatic rings. The van der Waals surface area contributed by atoms with Crippen molar-refractivity contribution in [3.8, 4) is 0 Å². The molecule has 0 aliphatic carbocycles. The van der Waals surface area contributed by atoms with Crippen LogP contribution in [-0.2, 0) is 4.79 Å². The lowest BCUT2D eigenvalue weighted by Crippen LogP contribution is -2.35. The Kier molecular flexibility index (Phi) is 5.44. The third-order valence-electron chi connectivity index (χ3n) is 3.70. The van der Waals surface area contributed by atoms with Crippen LogP contribution in [0.15, 0.2) is 0 Å². The molecule has 0 spiro atoms. The van der Waals surface area contributed by atoms with E-state index in [2.05, 4.69) is 20.8 Å². The number of rotatable bonds is 7. The third-order valence-corrected chi connectivity index (χ3v) is 3.70. The van der Waals surface area contributed by atoms with Gasteiger partial charge in [-0.05, 0) is 24.3 Å². The molecular weight excluding hydrogens is 212 g/mol. The molecule has 1 heterocycles. The van der Waals surface area contributed by atoms with Crippen LogP contribution in [0.25, 0.3) is 0 Å². The van der Waals surface area contributed by atoms with Crippen molar-refractivity contribution in [3.05, 3.63) is 0 Å². The number of nitrogens with zero attached hydrogens (tertiary/aromatic N) is 1. The van der Waals surface area contributed by atoms with Gasteiger partial charge in [0.15, 0.2) is 0 Å². The molecule has 0 aromatic heterocycles. The largest absolute Gasteiger partial charge is 0.342 e. The Labute approximate surface area is 106 Å². The Hall–Kier alpha value is -0.570. The van der Waals surface area contributed by atoms with Gasteiger partial charge in [-0.25, -0.2) is 0 Å². The summed E-state index contributed by atoms with van der Waals surface area (Å²) in [6.45, 7) is 9.16. The van der Waals surface area contributed by atoms with Crippen LogP contribution in [0.1, 0.15) is 52.9 Å². The fourth-order valence-electron chi connectivity index (χ4n) is 2.61. The summed E-state index contributed by atoms with van der Waals surface area (Å²) in [5, 5.41) is 0. The topological polar surface area (TPSA) is 46.3 Å². The van der Waals surface area contributed by atoms with Gasteiger partial charge in [0.25, 0.3) is 0 Å². The van der Waals surface area contributed by atoms with Crippen LogP contribution in [0.4, 0.5) is 0 Å². The Balaban J connectivity index is 2.39. The summed E-state index contributed by atoms with van der Waals surface area (Å²) in [5.41, 5.74) is 5.89. The van der Waals surface area contributed by atoms with Crippen LogP contribution in [0.3, 0.4) is 0 Å². The van der Waals surface area contributed by atoms with Gasteiger partial charge in [-0.2, -0.15) is 0 Å². The second-order valence-electron chi connectivity index (χ2n) is 6.20. The van der Waals surface area contributed by atoms with E-state index < -0.39 is 0 Å². The highest BCUT2D eigenvalue weighted by molar-refractivity contribution is 5.78. The summed E-state index contributed by atoms with van der Waals surface area (Å²) in [7, 11) is 0. The molecule has 0 saturated carbocycles. The molecule has 0 aromatic carbocycles. The van der Waals surface area contributed by atoms with Gasteiger partial charge < -0.3 is 10.6 Å². The number of amides is 1. The van der Waals surface area contributed by atoms with E-state index in [0.717, 1.165) is 13.1 Å². The lowest BCUT2D eigenvalue weighted by Gasteiger charge is -2.30. The van der Waals surface area contributed by atoms with Crippen LogP contribution < -0.4 is 5.73 Å². The van der Waals surface area contributed by atoms with Gasteiger partial charge >= 0.3 is 0 Å². The van der Waals surface area contributed by atoms with Gasteiger partial charge in [-0.1, -0.05) is 40.0 Å². The fraction of sp³-hybridized carbons (Fsp3) is 0.929. The Morgan fingerprint density at radius 3 is 2.65 bits per heavy atom. The maximum absolute atomic E-state index is 11.8. The Bertz CT molecular complexity index is 251. The summed E-state index contributed by atoms with van der Waals surface area (Å²) >= 11 is 0. The molecule has 100 valence electrons. The molecule has 3 nitrogen and oxygen atoms in total. The monoisotopic (exact) mass is 240 g/mol. The lowest BCUT2D eigenvalue weighted by atomic mass is 9.86. The first-order chi connectivity index (χ1) is 7.98. The van der Waals surface area contributed by atoms with Crippen LogP contribution in [0.2, 0.25) is 0 Å². The first-order valence-electron chi connectivity index (χ1n) is 6.96. The molecule has 1 fully saturated rings. The second-order valence-corrected chi connectivity index (χ2v) is 6.20. The van der Waals surface area contributed by atoms with Gasteiger partial charge in [-0.15, -0.1) is 0 Å². The molecule has 1 amide bonds. The van der Waals surface area contributed by atoms with Crippen LogP contribution in [0.5, 0.6) is 0 Å². The van der Waals surface area contributed by atoms with Crippen molar-refractivity contribution >= 4 is 5.91 Å². The Morgan fingerprint density at radius 2 is 2.12 bits per heavy atom. The fourth-order valence-corrected chi connectivity index (χ4v) is 2.61. The van der Waals surface area contributed by atoms with Gasteiger partial charge in [0, 0.05) is 19.5 Å². The predicted molar refractivity (Wildman–Crippen MR) is 71.7 cm³/mol. The normalized spacial score (nSPS) is 21.3. The SMILES string of the molecule is CCCCCC(C)(C)CN1CC(CN)CC1=O. The molecule has 17 heavy (non-hydrogen) atoms. The minimum Gasteiger partial charge on any atom is -0.342 e. The lowest BCUT2D eigenvalue weighted by molar-refractivity contribution is -0.129. The Morgan fingerprint density at radius 1 is 1.41 bits per heavy atom. The highest BCUT2D eigenvalue weighted by Crippen LogP contribution is 2.28. The molecule has 1 aliphatic heterocycles. The summed E-state index contributed by atoms with van der Waals surface area (Å²) in [6, 6.07) is 0. The second kappa shape index (κ2) is 6.39. The predicted octanol–water partition coefficient (Wildman–Crippen LogP) is 2.40. The zero-order valence-corrected chi connectivity index (χ0v) is 11.7. The quantitative estimate of drug-likeness (QED) is 0.695. The van der Waals surface area contributed by atoms with E-state index in [1.165, 1.54) is 25.7 Å². The molecule has 3 heteroatoms. The van der Waals surface area contributed by atoms with E-state index in [-0.39, 0.29) is 5.41 Å². The van der Waals surface area contributed by atoms with Crippen LogP contribution >= 0.6 is 0 Å². The zero-order valence-electron chi connectivity index (χ0n) is 11.7. The minimum atomic E-state index is 0.244. The molecule has 2 N–H and O–H groups in total. The highest BCUT2D eigenvalue weighted by Gasteiger charge is 2.32. The summed E-state index contributed by atoms with van der Waals surface area (Å²) < 4.78 is 0. The van der Waals surface area contributed by atoms with Crippen LogP contribution in [0, 0.1) is 11.3 Å². The maximum atomic E-state index is 11.8. The number of nitrogens with two attached hydrogens (primary N) is 1. The van der Waals surface area contributed by atoms with E-state index >= 15 is 0 Å². The number of hydrogen-bond donors (Lipinski definition) is 1. The molecular formula is C14H28N2O. The highest BCUT2D eigenvalue weighted by atomic mass is 16.2. The first kappa shape index (κ1) is 14.5. The van der Waals surface area contributed by atoms with Crippen LogP contribution in [-0.4, -0.2) is 30.4 Å². The average Bonchev–Trinajstić information content (AvgIpc) is 2.59. The van der Waals surface area contributed by atoms with E-state index in [1.807, 2.05) is 4.90 Å². The van der Waals surface area contributed by atoms with Gasteiger partial charge in [0.2, 0.25) is 5.91 Å². The first-order valence-corrected chi connectivity index (χ1v) is 6.96. The zero-order chi connectivity index (χ0) is 12.9. The number of likely N-dealkylation sites (tertiary alicyclic amines) is 1. The smallest absolute Gasteiger partial charge is 0.222 e. The van der Waals surface area contributed by atoms with Crippen molar-refractivity contribution in [1.82, 2.24) is 4.90 Å². The van der Waals surface area contributed by atoms with Gasteiger partial charge in [0.1, 0.15) is 0 Å². The maximum Gasteiger partial charge on any atom is 0.222 e. The van der Waals surface area contributed by atoms with E-state index in [0.29, 0.717) is 24.8 Å². The molecule has 1 saturated heterocycles. The van der Waals surface area contributed by atoms with Crippen molar-refractivity contribution in [3.63, 3.8) is 0 Å². The summed E-state index contributed by atoms with van der Waals surface area (Å²) in [4.78, 5) is 13.8. The standard InChI is InChI=1S/C14H28N2O/c1-4-5-6-7-14(2,3)11-16-10-12(9-15)8-13(16)17/h12H,4-11,15H2,1-3H3. The van der Waals surface area contributed by atoms with Crippen molar-refractivity contribution in [2.24, 2.45) is 17.1 Å². The van der Waals surface area contributed by atoms with Crippen molar-refractivity contribution in [2.75, 3.05) is 19.6 Å². The van der Waals surface area contributed by atoms with E-state index in [9.17, 15) is 4.79 Å². The third kappa shape index (κ3) is 4.66. The number of carbonyl (C=O) groups is 1. The summed E-state index contributed by atoms with van der Waals surface area (Å²) in [5.74, 6) is 0.679. The molecule has 1 unspecified atom stereocenters. The molecule has 0 bridgehead atoms. The summed E-state index contributed by atoms with van der Waals surface area (Å²) in [6.07, 6.45) is 5.68. The number of hydrogen-bond acceptors (Lipinski definition) is 2. The minimum absolute atomic E-state index is 0.244. The van der Waals surface area contributed by atoms with Gasteiger partial charge in [0.05, 0.1) is 0 Å². The number of carbonyl (C=O) groups excluding carboxylic acids is 1.